The number of hydrogen-bond acceptors (Lipinski definition) is 4. The van der Waals surface area contributed by atoms with Crippen molar-refractivity contribution in [2.45, 2.75) is 6.42 Å². The number of rotatable bonds is 5. The van der Waals surface area contributed by atoms with Crippen LogP contribution in [0.3, 0.4) is 0 Å². The molecule has 0 heterocycles. The van der Waals surface area contributed by atoms with E-state index in [1.165, 1.54) is 12.1 Å². The molecule has 2 aromatic rings. The second-order valence-corrected chi connectivity index (χ2v) is 4.76. The quantitative estimate of drug-likeness (QED) is 0.552. The predicted molar refractivity (Wildman–Crippen MR) is 76.1 cm³/mol. The predicted octanol–water partition coefficient (Wildman–Crippen LogP) is -0.932. The van der Waals surface area contributed by atoms with Gasteiger partial charge in [0.15, 0.2) is 0 Å². The average Bonchev–Trinajstić information content (AvgIpc) is 2.42. The minimum atomic E-state index is -1.40. The van der Waals surface area contributed by atoms with Crippen LogP contribution in [0.25, 0.3) is 0 Å². The van der Waals surface area contributed by atoms with Gasteiger partial charge in [-0.15, -0.1) is 0 Å². The van der Waals surface area contributed by atoms with E-state index in [1.54, 1.807) is 6.07 Å². The Morgan fingerprint density at radius 1 is 1.19 bits per heavy atom. The number of carboxylic acids is 1. The number of anilines is 1. The van der Waals surface area contributed by atoms with Crippen molar-refractivity contribution < 1.29 is 44.6 Å². The zero-order valence-corrected chi connectivity index (χ0v) is 14.4. The molecule has 0 saturated carbocycles. The van der Waals surface area contributed by atoms with E-state index in [0.717, 1.165) is 12.0 Å². The molecule has 0 saturated heterocycles. The molecule has 0 bridgehead atoms. The Kier molecular flexibility index (Phi) is 7.05. The van der Waals surface area contributed by atoms with E-state index >= 15 is 0 Å². The molecule has 2 N–H and O–H groups in total. The summed E-state index contributed by atoms with van der Waals surface area (Å²) in [5.74, 6) is -1.70. The summed E-state index contributed by atoms with van der Waals surface area (Å²) in [7, 11) is 0. The second kappa shape index (κ2) is 8.29. The normalized spacial score (nSPS) is 9.76. The number of phenols is 1. The first kappa shape index (κ1) is 17.9. The Morgan fingerprint density at radius 3 is 2.48 bits per heavy atom. The maximum atomic E-state index is 10.8. The van der Waals surface area contributed by atoms with Crippen LogP contribution in [-0.4, -0.2) is 17.6 Å². The van der Waals surface area contributed by atoms with Gasteiger partial charge in [0.05, 0.1) is 5.97 Å². The molecular formula is C15H13ClNNaO3. The Balaban J connectivity index is 0.00000220. The smallest absolute Gasteiger partial charge is 0.545 e. The van der Waals surface area contributed by atoms with Gasteiger partial charge in [0.1, 0.15) is 5.75 Å². The van der Waals surface area contributed by atoms with Crippen LogP contribution in [0, 0.1) is 0 Å². The van der Waals surface area contributed by atoms with Crippen LogP contribution >= 0.6 is 11.6 Å². The number of nitrogens with one attached hydrogen (secondary N) is 1. The van der Waals surface area contributed by atoms with Crippen LogP contribution in [0.15, 0.2) is 42.5 Å². The maximum Gasteiger partial charge on any atom is 1.00 e. The van der Waals surface area contributed by atoms with Crippen LogP contribution in [0.5, 0.6) is 5.75 Å². The van der Waals surface area contributed by atoms with E-state index in [1.807, 2.05) is 24.3 Å². The van der Waals surface area contributed by atoms with Crippen molar-refractivity contribution in [3.63, 3.8) is 0 Å². The molecule has 0 aliphatic carbocycles. The van der Waals surface area contributed by atoms with Crippen LogP contribution in [0.2, 0.25) is 5.02 Å². The van der Waals surface area contributed by atoms with Crippen molar-refractivity contribution >= 4 is 23.3 Å². The SMILES string of the molecule is O=C([O-])c1cc(NCCc2ccc(Cl)cc2)ccc1O.[Na+]. The minimum absolute atomic E-state index is 0. The van der Waals surface area contributed by atoms with Gasteiger partial charge in [-0.3, -0.25) is 0 Å². The number of aromatic carboxylic acids is 1. The minimum Gasteiger partial charge on any atom is -0.545 e. The van der Waals surface area contributed by atoms with Crippen molar-refractivity contribution in [3.05, 3.63) is 58.6 Å². The van der Waals surface area contributed by atoms with Crippen molar-refractivity contribution in [2.75, 3.05) is 11.9 Å². The average molecular weight is 314 g/mol. The van der Waals surface area contributed by atoms with Gasteiger partial charge < -0.3 is 20.3 Å². The van der Waals surface area contributed by atoms with Crippen molar-refractivity contribution in [3.8, 4) is 5.75 Å². The standard InChI is InChI=1S/C15H14ClNO3.Na/c16-11-3-1-10(2-4-11)7-8-17-12-5-6-14(18)13(9-12)15(19)20;/h1-6,9,17-18H,7-8H2,(H,19,20);/q;+1/p-1. The van der Waals surface area contributed by atoms with Gasteiger partial charge in [-0.05, 0) is 42.3 Å². The molecule has 0 spiro atoms. The second-order valence-electron chi connectivity index (χ2n) is 4.32. The molecule has 0 fully saturated rings. The molecule has 104 valence electrons. The third-order valence-electron chi connectivity index (χ3n) is 2.87. The number of aromatic hydroxyl groups is 1. The van der Waals surface area contributed by atoms with Gasteiger partial charge in [-0.2, -0.15) is 0 Å². The van der Waals surface area contributed by atoms with Crippen molar-refractivity contribution in [1.82, 2.24) is 0 Å². The van der Waals surface area contributed by atoms with Gasteiger partial charge >= 0.3 is 29.6 Å². The number of carbonyl (C=O) groups is 1. The molecule has 0 amide bonds. The number of carbonyl (C=O) groups excluding carboxylic acids is 1. The molecule has 0 atom stereocenters. The first-order valence-corrected chi connectivity index (χ1v) is 6.47. The molecule has 2 rings (SSSR count). The Morgan fingerprint density at radius 2 is 1.86 bits per heavy atom. The number of halogens is 1. The van der Waals surface area contributed by atoms with Gasteiger partial charge in [-0.25, -0.2) is 0 Å². The van der Waals surface area contributed by atoms with Crippen molar-refractivity contribution in [1.29, 1.82) is 0 Å². The fraction of sp³-hybridized carbons (Fsp3) is 0.133. The van der Waals surface area contributed by atoms with Crippen LogP contribution in [0.4, 0.5) is 5.69 Å². The zero-order chi connectivity index (χ0) is 14.5. The number of benzene rings is 2. The summed E-state index contributed by atoms with van der Waals surface area (Å²) in [5.41, 5.74) is 1.53. The van der Waals surface area contributed by atoms with E-state index in [0.29, 0.717) is 17.3 Å². The number of hydrogen-bond donors (Lipinski definition) is 2. The van der Waals surface area contributed by atoms with E-state index < -0.39 is 5.97 Å². The van der Waals surface area contributed by atoms with Crippen LogP contribution in [-0.2, 0) is 6.42 Å². The molecule has 21 heavy (non-hydrogen) atoms. The van der Waals surface area contributed by atoms with E-state index in [2.05, 4.69) is 5.32 Å². The van der Waals surface area contributed by atoms with E-state index in [9.17, 15) is 15.0 Å². The summed E-state index contributed by atoms with van der Waals surface area (Å²) in [6, 6.07) is 11.8. The Hall–Kier alpha value is -1.20. The zero-order valence-electron chi connectivity index (χ0n) is 11.6. The summed E-state index contributed by atoms with van der Waals surface area (Å²) >= 11 is 5.80. The number of carboxylic acid groups (broad SMARTS) is 1. The largest absolute Gasteiger partial charge is 1.00 e. The summed E-state index contributed by atoms with van der Waals surface area (Å²) in [6.45, 7) is 0.638. The molecular weight excluding hydrogens is 301 g/mol. The topological polar surface area (TPSA) is 72.4 Å². The Labute approximate surface area is 150 Å². The van der Waals surface area contributed by atoms with Gasteiger partial charge in [0, 0.05) is 22.8 Å². The summed E-state index contributed by atoms with van der Waals surface area (Å²) in [4.78, 5) is 10.8. The van der Waals surface area contributed by atoms with Gasteiger partial charge in [0.2, 0.25) is 0 Å². The molecule has 0 aromatic heterocycles. The summed E-state index contributed by atoms with van der Waals surface area (Å²) in [5, 5.41) is 24.0. The fourth-order valence-corrected chi connectivity index (χ4v) is 1.94. The van der Waals surface area contributed by atoms with Gasteiger partial charge in [-0.1, -0.05) is 23.7 Å². The molecule has 2 aromatic carbocycles. The third-order valence-corrected chi connectivity index (χ3v) is 3.12. The first-order valence-electron chi connectivity index (χ1n) is 6.09. The molecule has 0 aliphatic heterocycles. The first-order chi connectivity index (χ1) is 9.56. The summed E-state index contributed by atoms with van der Waals surface area (Å²) in [6.07, 6.45) is 0.776. The summed E-state index contributed by atoms with van der Waals surface area (Å²) < 4.78 is 0. The maximum absolute atomic E-state index is 10.8. The molecule has 0 radical (unpaired) electrons. The van der Waals surface area contributed by atoms with E-state index in [4.69, 9.17) is 11.6 Å². The fourth-order valence-electron chi connectivity index (χ4n) is 1.81. The molecule has 0 aliphatic rings. The van der Waals surface area contributed by atoms with Gasteiger partial charge in [0.25, 0.3) is 0 Å². The molecule has 6 heteroatoms. The third kappa shape index (κ3) is 5.25. The molecule has 4 nitrogen and oxygen atoms in total. The monoisotopic (exact) mass is 313 g/mol. The van der Waals surface area contributed by atoms with Crippen molar-refractivity contribution in [2.24, 2.45) is 0 Å². The van der Waals surface area contributed by atoms with Crippen LogP contribution < -0.4 is 40.0 Å². The molecule has 0 unspecified atom stereocenters. The van der Waals surface area contributed by atoms with E-state index in [-0.39, 0.29) is 40.9 Å². The van der Waals surface area contributed by atoms with Crippen LogP contribution in [0.1, 0.15) is 15.9 Å². The Bertz CT molecular complexity index is 617.